The van der Waals surface area contributed by atoms with Crippen LogP contribution in [0.1, 0.15) is 27.5 Å². The molecule has 7 heteroatoms. The van der Waals surface area contributed by atoms with Crippen molar-refractivity contribution < 1.29 is 14.3 Å². The van der Waals surface area contributed by atoms with Gasteiger partial charge in [-0.15, -0.1) is 0 Å². The summed E-state index contributed by atoms with van der Waals surface area (Å²) in [4.78, 5) is 24.6. The van der Waals surface area contributed by atoms with Gasteiger partial charge in [0.15, 0.2) is 0 Å². The van der Waals surface area contributed by atoms with Crippen LogP contribution in [0.3, 0.4) is 0 Å². The molecule has 2 N–H and O–H groups in total. The number of esters is 1. The smallest absolute Gasteiger partial charge is 0.319 e. The predicted molar refractivity (Wildman–Crippen MR) is 125 cm³/mol. The van der Waals surface area contributed by atoms with Crippen LogP contribution in [-0.4, -0.2) is 25.5 Å². The molecule has 0 aliphatic heterocycles. The lowest BCUT2D eigenvalue weighted by Gasteiger charge is -2.23. The van der Waals surface area contributed by atoms with Gasteiger partial charge < -0.3 is 10.1 Å². The third kappa shape index (κ3) is 5.78. The quantitative estimate of drug-likeness (QED) is 0.405. The molecule has 1 amide bonds. The molecule has 154 valence electrons. The summed E-state index contributed by atoms with van der Waals surface area (Å²) < 4.78 is 6.54. The Bertz CT molecular complexity index is 1020. The number of carbonyl (C=O) groups excluding carboxylic acids is 2. The fourth-order valence-electron chi connectivity index (χ4n) is 2.99. The molecule has 0 spiro atoms. The second-order valence-corrected chi connectivity index (χ2v) is 8.32. The number of hydrogen-bond donors (Lipinski definition) is 2. The molecular weight excluding hydrogens is 512 g/mol. The Labute approximate surface area is 192 Å². The van der Waals surface area contributed by atoms with Gasteiger partial charge in [-0.25, -0.2) is 0 Å². The van der Waals surface area contributed by atoms with E-state index in [0.717, 1.165) is 20.1 Å². The molecule has 0 aliphatic carbocycles. The van der Waals surface area contributed by atoms with E-state index in [2.05, 4.69) is 42.5 Å². The maximum absolute atomic E-state index is 12.8. The van der Waals surface area contributed by atoms with Crippen LogP contribution in [0.2, 0.25) is 0 Å². The Morgan fingerprint density at radius 3 is 2.27 bits per heavy atom. The number of benzene rings is 3. The third-order valence-electron chi connectivity index (χ3n) is 4.49. The zero-order valence-electron chi connectivity index (χ0n) is 16.2. The summed E-state index contributed by atoms with van der Waals surface area (Å²) in [7, 11) is 1.35. The molecule has 3 aromatic rings. The summed E-state index contributed by atoms with van der Waals surface area (Å²) in [6.07, 6.45) is 0. The van der Waals surface area contributed by atoms with E-state index in [1.54, 1.807) is 12.1 Å². The molecule has 0 heterocycles. The maximum Gasteiger partial charge on any atom is 0.319 e. The molecule has 0 saturated heterocycles. The second-order valence-electron chi connectivity index (χ2n) is 6.49. The molecule has 5 nitrogen and oxygen atoms in total. The van der Waals surface area contributed by atoms with Gasteiger partial charge in [-0.1, -0.05) is 62.2 Å². The largest absolute Gasteiger partial charge is 0.468 e. The molecule has 0 unspecified atom stereocenters. The highest BCUT2D eigenvalue weighted by molar-refractivity contribution is 9.10. The first-order valence-electron chi connectivity index (χ1n) is 9.19. The van der Waals surface area contributed by atoms with Crippen LogP contribution in [0.25, 0.3) is 0 Å². The molecular formula is C23H20Br2N2O3. The van der Waals surface area contributed by atoms with E-state index in [1.807, 2.05) is 60.7 Å². The Kier molecular flexibility index (Phi) is 7.79. The fraction of sp³-hybridized carbons (Fsp3) is 0.130. The van der Waals surface area contributed by atoms with Crippen molar-refractivity contribution in [1.29, 1.82) is 0 Å². The SMILES string of the molecule is COC(=O)CN[C@H](c1ccccc1)c1cc(Br)ccc1NC(=O)c1ccc(Br)cc1. The van der Waals surface area contributed by atoms with E-state index in [4.69, 9.17) is 4.74 Å². The Morgan fingerprint density at radius 2 is 1.60 bits per heavy atom. The first-order chi connectivity index (χ1) is 14.5. The average molecular weight is 532 g/mol. The highest BCUT2D eigenvalue weighted by Gasteiger charge is 2.20. The van der Waals surface area contributed by atoms with E-state index in [0.29, 0.717) is 11.3 Å². The van der Waals surface area contributed by atoms with Crippen molar-refractivity contribution in [2.75, 3.05) is 19.0 Å². The van der Waals surface area contributed by atoms with Gasteiger partial charge in [0.2, 0.25) is 0 Å². The Balaban J connectivity index is 1.96. The zero-order valence-corrected chi connectivity index (χ0v) is 19.4. The minimum Gasteiger partial charge on any atom is -0.468 e. The minimum atomic E-state index is -0.369. The van der Waals surface area contributed by atoms with Crippen LogP contribution in [0.4, 0.5) is 5.69 Å². The van der Waals surface area contributed by atoms with Crippen molar-refractivity contribution in [3.05, 3.63) is 98.4 Å². The lowest BCUT2D eigenvalue weighted by Crippen LogP contribution is -2.30. The zero-order chi connectivity index (χ0) is 21.5. The van der Waals surface area contributed by atoms with Crippen LogP contribution in [-0.2, 0) is 9.53 Å². The fourth-order valence-corrected chi connectivity index (χ4v) is 3.64. The van der Waals surface area contributed by atoms with Crippen molar-refractivity contribution in [3.63, 3.8) is 0 Å². The van der Waals surface area contributed by atoms with Crippen LogP contribution >= 0.6 is 31.9 Å². The molecule has 0 aromatic heterocycles. The predicted octanol–water partition coefficient (Wildman–Crippen LogP) is 5.32. The van der Waals surface area contributed by atoms with Crippen LogP contribution in [0, 0.1) is 0 Å². The van der Waals surface area contributed by atoms with E-state index in [-0.39, 0.29) is 24.5 Å². The molecule has 0 bridgehead atoms. The van der Waals surface area contributed by atoms with Crippen molar-refractivity contribution in [3.8, 4) is 0 Å². The van der Waals surface area contributed by atoms with Crippen molar-refractivity contribution in [1.82, 2.24) is 5.32 Å². The number of carbonyl (C=O) groups is 2. The van der Waals surface area contributed by atoms with Gasteiger partial charge in [-0.3, -0.25) is 14.9 Å². The van der Waals surface area contributed by atoms with Gasteiger partial charge >= 0.3 is 5.97 Å². The standard InChI is InChI=1S/C23H20Br2N2O3/c1-30-21(28)14-26-22(15-5-3-2-4-6-15)19-13-18(25)11-12-20(19)27-23(29)16-7-9-17(24)10-8-16/h2-13,22,26H,14H2,1H3,(H,27,29)/t22-/m1/s1. The van der Waals surface area contributed by atoms with Crippen LogP contribution in [0.15, 0.2) is 81.7 Å². The molecule has 0 aliphatic rings. The van der Waals surface area contributed by atoms with Gasteiger partial charge in [0.05, 0.1) is 19.7 Å². The Hall–Kier alpha value is -2.48. The van der Waals surface area contributed by atoms with Crippen LogP contribution in [0.5, 0.6) is 0 Å². The number of methoxy groups -OCH3 is 1. The van der Waals surface area contributed by atoms with E-state index >= 15 is 0 Å². The summed E-state index contributed by atoms with van der Waals surface area (Å²) in [6.45, 7) is 0.0304. The summed E-state index contributed by atoms with van der Waals surface area (Å²) in [6, 6.07) is 22.2. The highest BCUT2D eigenvalue weighted by atomic mass is 79.9. The third-order valence-corrected chi connectivity index (χ3v) is 5.51. The van der Waals surface area contributed by atoms with Gasteiger partial charge in [-0.05, 0) is 53.6 Å². The lowest BCUT2D eigenvalue weighted by molar-refractivity contribution is -0.139. The Morgan fingerprint density at radius 1 is 0.933 bits per heavy atom. The highest BCUT2D eigenvalue weighted by Crippen LogP contribution is 2.31. The molecule has 3 aromatic carbocycles. The van der Waals surface area contributed by atoms with Gasteiger partial charge in [0, 0.05) is 20.2 Å². The number of halogens is 2. The van der Waals surface area contributed by atoms with E-state index in [1.165, 1.54) is 7.11 Å². The number of ether oxygens (including phenoxy) is 1. The van der Waals surface area contributed by atoms with Gasteiger partial charge in [-0.2, -0.15) is 0 Å². The summed E-state index contributed by atoms with van der Waals surface area (Å²) >= 11 is 6.89. The van der Waals surface area contributed by atoms with Gasteiger partial charge in [0.1, 0.15) is 0 Å². The monoisotopic (exact) mass is 530 g/mol. The van der Waals surface area contributed by atoms with E-state index < -0.39 is 0 Å². The minimum absolute atomic E-state index is 0.0304. The summed E-state index contributed by atoms with van der Waals surface area (Å²) in [5, 5.41) is 6.23. The normalized spacial score (nSPS) is 11.6. The average Bonchev–Trinajstić information content (AvgIpc) is 2.76. The number of nitrogens with one attached hydrogen (secondary N) is 2. The first kappa shape index (κ1) is 22.2. The lowest BCUT2D eigenvalue weighted by atomic mass is 9.96. The molecule has 0 fully saturated rings. The summed E-state index contributed by atoms with van der Waals surface area (Å²) in [5.74, 6) is -0.586. The molecule has 3 rings (SSSR count). The van der Waals surface area contributed by atoms with Gasteiger partial charge in [0.25, 0.3) is 5.91 Å². The number of amides is 1. The number of anilines is 1. The number of hydrogen-bond acceptors (Lipinski definition) is 4. The summed E-state index contributed by atoms with van der Waals surface area (Å²) in [5.41, 5.74) is 2.98. The molecule has 0 radical (unpaired) electrons. The van der Waals surface area contributed by atoms with Crippen molar-refractivity contribution in [2.24, 2.45) is 0 Å². The molecule has 1 atom stereocenters. The maximum atomic E-state index is 12.8. The molecule has 30 heavy (non-hydrogen) atoms. The molecule has 0 saturated carbocycles. The van der Waals surface area contributed by atoms with E-state index in [9.17, 15) is 9.59 Å². The second kappa shape index (κ2) is 10.5. The number of rotatable bonds is 7. The van der Waals surface area contributed by atoms with Crippen molar-refractivity contribution >= 4 is 49.4 Å². The topological polar surface area (TPSA) is 67.4 Å². The first-order valence-corrected chi connectivity index (χ1v) is 10.8. The van der Waals surface area contributed by atoms with Crippen LogP contribution < -0.4 is 10.6 Å². The van der Waals surface area contributed by atoms with Crippen molar-refractivity contribution in [2.45, 2.75) is 6.04 Å².